The van der Waals surface area contributed by atoms with Gasteiger partial charge in [-0.25, -0.2) is 4.79 Å². The summed E-state index contributed by atoms with van der Waals surface area (Å²) in [5, 5.41) is 9.55. The van der Waals surface area contributed by atoms with Crippen molar-refractivity contribution in [3.8, 4) is 0 Å². The first-order valence-electron chi connectivity index (χ1n) is 15.6. The maximum Gasteiger partial charge on any atom is 0.335 e. The Morgan fingerprint density at radius 2 is 1.28 bits per heavy atom. The van der Waals surface area contributed by atoms with Crippen molar-refractivity contribution in [2.45, 2.75) is 95.3 Å². The van der Waals surface area contributed by atoms with Gasteiger partial charge in [0.05, 0.1) is 30.1 Å². The molecule has 9 aliphatic rings. The quantitative estimate of drug-likeness (QED) is 0.158. The van der Waals surface area contributed by atoms with Gasteiger partial charge in [0.1, 0.15) is 30.5 Å². The number of fused-ring (bicyclic) bond motifs is 3. The van der Waals surface area contributed by atoms with E-state index < -0.39 is 12.3 Å². The van der Waals surface area contributed by atoms with Crippen LogP contribution in [0, 0.1) is 53.3 Å². The molecule has 3 heterocycles. The number of esters is 4. The van der Waals surface area contributed by atoms with Crippen molar-refractivity contribution in [3.05, 3.63) is 25.0 Å². The van der Waals surface area contributed by atoms with E-state index in [9.17, 15) is 24.3 Å². The third kappa shape index (κ3) is 4.60. The lowest BCUT2D eigenvalue weighted by atomic mass is 9.88. The number of aliphatic hydroxyl groups excluding tert-OH is 1. The van der Waals surface area contributed by atoms with E-state index in [1.807, 2.05) is 0 Å². The van der Waals surface area contributed by atoms with E-state index in [1.54, 1.807) is 13.8 Å². The number of carbonyl (C=O) groups is 4. The van der Waals surface area contributed by atoms with E-state index in [2.05, 4.69) is 13.2 Å². The van der Waals surface area contributed by atoms with Gasteiger partial charge in [-0.1, -0.05) is 13.2 Å². The molecule has 0 radical (unpaired) electrons. The van der Waals surface area contributed by atoms with E-state index >= 15 is 0 Å². The molecule has 3 saturated heterocycles. The number of hydrogen-bond acceptors (Lipinski definition) is 11. The molecule has 0 amide bonds. The van der Waals surface area contributed by atoms with Crippen LogP contribution in [-0.4, -0.2) is 71.9 Å². The van der Waals surface area contributed by atoms with Crippen LogP contribution in [0.15, 0.2) is 25.0 Å². The van der Waals surface area contributed by atoms with E-state index in [0.717, 1.165) is 38.5 Å². The Bertz CT molecular complexity index is 1230. The first kappa shape index (κ1) is 28.8. The van der Waals surface area contributed by atoms with Crippen molar-refractivity contribution >= 4 is 23.9 Å². The average Bonchev–Trinajstić information content (AvgIpc) is 3.81. The van der Waals surface area contributed by atoms with Crippen LogP contribution >= 0.6 is 0 Å². The van der Waals surface area contributed by atoms with Crippen LogP contribution in [-0.2, 0) is 47.6 Å². The van der Waals surface area contributed by atoms with Gasteiger partial charge in [0, 0.05) is 29.2 Å². The van der Waals surface area contributed by atoms with Gasteiger partial charge in [0.25, 0.3) is 0 Å². The highest BCUT2D eigenvalue weighted by atomic mass is 16.7. The van der Waals surface area contributed by atoms with Crippen LogP contribution in [0.5, 0.6) is 0 Å². The second kappa shape index (κ2) is 10.6. The molecule has 16 unspecified atom stereocenters. The molecule has 9 fully saturated rings. The molecule has 6 aliphatic carbocycles. The predicted molar refractivity (Wildman–Crippen MR) is 145 cm³/mol. The molecule has 0 aromatic carbocycles. The molecule has 0 aromatic heterocycles. The minimum Gasteiger partial charge on any atom is -0.494 e. The number of hydrogen-bond donors (Lipinski definition) is 1. The van der Waals surface area contributed by atoms with Gasteiger partial charge >= 0.3 is 23.9 Å². The zero-order valence-electron chi connectivity index (χ0n) is 24.5. The van der Waals surface area contributed by atoms with Crippen molar-refractivity contribution in [2.75, 3.05) is 0 Å². The second-order valence-electron chi connectivity index (χ2n) is 13.8. The molecule has 11 nitrogen and oxygen atoms in total. The SMILES string of the molecule is C=C(C)C(=O)OC(C)OC1C2CC3C(=O)OC1C3C2.C=COC1C2CC3C(=O)OC1C3C2.O=C1OC2C(O)C3CC1C2C3. The van der Waals surface area contributed by atoms with Crippen LogP contribution in [0.3, 0.4) is 0 Å². The standard InChI is InChI=1S/C14H18O5.C10H12O3.C8H10O3/c1-6(2)13(15)18-7(3)17-11-8-4-9-10(5-8)14(16)19-12(9)11;1-2-12-8-5-3-6-7(4-5)10(11)13-9(6)8;9-6-3-1-4-5(2-3)8(10)11-7(4)6/h7-12H,1,4-5H2,2-3H3;2,5-9H,1,3-4H2;3-7,9H,1-2H2. The fraction of sp³-hybridized carbons (Fsp3) is 0.750. The van der Waals surface area contributed by atoms with E-state index in [4.69, 9.17) is 28.4 Å². The smallest absolute Gasteiger partial charge is 0.335 e. The molecule has 16 atom stereocenters. The van der Waals surface area contributed by atoms with E-state index in [1.165, 1.54) is 6.26 Å². The van der Waals surface area contributed by atoms with Crippen LogP contribution in [0.2, 0.25) is 0 Å². The van der Waals surface area contributed by atoms with Gasteiger partial charge in [0.15, 0.2) is 0 Å². The van der Waals surface area contributed by atoms with E-state index in [0.29, 0.717) is 41.1 Å². The monoisotopic (exact) mass is 600 g/mol. The van der Waals surface area contributed by atoms with Gasteiger partial charge in [-0.3, -0.25) is 14.4 Å². The molecule has 6 bridgehead atoms. The molecular formula is C32H40O11. The highest BCUT2D eigenvalue weighted by Crippen LogP contribution is 2.57. The van der Waals surface area contributed by atoms with Crippen LogP contribution in [0.4, 0.5) is 0 Å². The fourth-order valence-electron chi connectivity index (χ4n) is 9.72. The third-order valence-corrected chi connectivity index (χ3v) is 11.5. The normalized spacial score (nSPS) is 48.1. The van der Waals surface area contributed by atoms with Gasteiger partial charge in [-0.15, -0.1) is 0 Å². The lowest BCUT2D eigenvalue weighted by Gasteiger charge is -2.28. The van der Waals surface area contributed by atoms with Crippen molar-refractivity contribution in [1.82, 2.24) is 0 Å². The van der Waals surface area contributed by atoms with Gasteiger partial charge in [-0.2, -0.15) is 0 Å². The molecule has 6 saturated carbocycles. The molecule has 234 valence electrons. The molecule has 43 heavy (non-hydrogen) atoms. The molecule has 0 spiro atoms. The summed E-state index contributed by atoms with van der Waals surface area (Å²) in [6, 6.07) is 0. The first-order chi connectivity index (χ1) is 20.5. The molecule has 9 rings (SSSR count). The van der Waals surface area contributed by atoms with Crippen LogP contribution in [0.1, 0.15) is 52.4 Å². The van der Waals surface area contributed by atoms with Crippen molar-refractivity contribution in [1.29, 1.82) is 0 Å². The number of ether oxygens (including phenoxy) is 6. The Morgan fingerprint density at radius 1 is 0.814 bits per heavy atom. The molecule has 0 aromatic rings. The third-order valence-electron chi connectivity index (χ3n) is 11.5. The largest absolute Gasteiger partial charge is 0.494 e. The molecule has 1 N–H and O–H groups in total. The predicted octanol–water partition coefficient (Wildman–Crippen LogP) is 2.44. The summed E-state index contributed by atoms with van der Waals surface area (Å²) in [6.07, 6.45) is 5.87. The Balaban J connectivity index is 0.000000109. The van der Waals surface area contributed by atoms with Gasteiger partial charge < -0.3 is 33.5 Å². The van der Waals surface area contributed by atoms with Crippen molar-refractivity contribution < 1.29 is 52.7 Å². The Labute approximate surface area is 250 Å². The average molecular weight is 601 g/mol. The van der Waals surface area contributed by atoms with Crippen molar-refractivity contribution in [2.24, 2.45) is 53.3 Å². The summed E-state index contributed by atoms with van der Waals surface area (Å²) in [6.45, 7) is 10.3. The number of aliphatic hydroxyl groups is 1. The van der Waals surface area contributed by atoms with Crippen LogP contribution < -0.4 is 0 Å². The summed E-state index contributed by atoms with van der Waals surface area (Å²) in [7, 11) is 0. The zero-order chi connectivity index (χ0) is 30.3. The Morgan fingerprint density at radius 3 is 1.79 bits per heavy atom. The summed E-state index contributed by atoms with van der Waals surface area (Å²) in [5.41, 5.74) is 0.343. The summed E-state index contributed by atoms with van der Waals surface area (Å²) >= 11 is 0. The lowest BCUT2D eigenvalue weighted by Crippen LogP contribution is -2.37. The van der Waals surface area contributed by atoms with Crippen molar-refractivity contribution in [3.63, 3.8) is 0 Å². The topological polar surface area (TPSA) is 144 Å². The summed E-state index contributed by atoms with van der Waals surface area (Å²) < 4.78 is 32.0. The Kier molecular flexibility index (Phi) is 7.11. The summed E-state index contributed by atoms with van der Waals surface area (Å²) in [5.74, 6) is 2.05. The van der Waals surface area contributed by atoms with Gasteiger partial charge in [-0.05, 0) is 64.2 Å². The highest BCUT2D eigenvalue weighted by Gasteiger charge is 2.64. The molecule has 3 aliphatic heterocycles. The van der Waals surface area contributed by atoms with Gasteiger partial charge in [0.2, 0.25) is 6.29 Å². The minimum atomic E-state index is -0.647. The zero-order valence-corrected chi connectivity index (χ0v) is 24.5. The fourth-order valence-corrected chi connectivity index (χ4v) is 9.72. The van der Waals surface area contributed by atoms with Crippen LogP contribution in [0.25, 0.3) is 0 Å². The highest BCUT2D eigenvalue weighted by molar-refractivity contribution is 5.87. The maximum atomic E-state index is 11.6. The molecule has 11 heteroatoms. The summed E-state index contributed by atoms with van der Waals surface area (Å²) in [4.78, 5) is 45.5. The minimum absolute atomic E-state index is 0.00679. The maximum absolute atomic E-state index is 11.6. The van der Waals surface area contributed by atoms with E-state index in [-0.39, 0.29) is 72.3 Å². The number of rotatable bonds is 6. The number of carbonyl (C=O) groups excluding carboxylic acids is 4. The first-order valence-corrected chi connectivity index (χ1v) is 15.6. The lowest BCUT2D eigenvalue weighted by molar-refractivity contribution is -0.197. The Hall–Kier alpha value is -2.92. The molecular weight excluding hydrogens is 560 g/mol. The second-order valence-corrected chi connectivity index (χ2v) is 13.8.